The Balaban J connectivity index is 0.00000338. The molecule has 0 aliphatic carbocycles. The normalized spacial score (nSPS) is 10.8. The van der Waals surface area contributed by atoms with Crippen molar-refractivity contribution in [2.75, 3.05) is 20.1 Å². The fourth-order valence-electron chi connectivity index (χ4n) is 2.06. The highest BCUT2D eigenvalue weighted by Crippen LogP contribution is 2.11. The van der Waals surface area contributed by atoms with Crippen LogP contribution in [0.15, 0.2) is 39.9 Å². The number of hydrogen-bond donors (Lipinski definition) is 3. The molecule has 0 aliphatic rings. The Kier molecular flexibility index (Phi) is 10.7. The van der Waals surface area contributed by atoms with Gasteiger partial charge in [0.25, 0.3) is 5.91 Å². The van der Waals surface area contributed by atoms with Crippen LogP contribution in [0.3, 0.4) is 0 Å². The number of hydrogen-bond acceptors (Lipinski definition) is 4. The fraction of sp³-hybridized carbons (Fsp3) is 0.353. The number of nitrogens with one attached hydrogen (secondary N) is 3. The van der Waals surface area contributed by atoms with Gasteiger partial charge in [-0.3, -0.25) is 9.79 Å². The molecular formula is C17H23BrIN5OS. The van der Waals surface area contributed by atoms with E-state index in [0.717, 1.165) is 28.4 Å². The summed E-state index contributed by atoms with van der Waals surface area (Å²) in [5.74, 6) is 0.668. The second kappa shape index (κ2) is 12.2. The highest BCUT2D eigenvalue weighted by Gasteiger charge is 2.04. The van der Waals surface area contributed by atoms with E-state index in [1.165, 1.54) is 4.88 Å². The van der Waals surface area contributed by atoms with Crippen molar-refractivity contribution in [2.24, 2.45) is 4.99 Å². The molecule has 0 saturated heterocycles. The lowest BCUT2D eigenvalue weighted by molar-refractivity contribution is 0.0953. The summed E-state index contributed by atoms with van der Waals surface area (Å²) >= 11 is 5.02. The number of aliphatic imine (C=N–C) groups is 1. The van der Waals surface area contributed by atoms with Crippen LogP contribution in [0.1, 0.15) is 26.7 Å². The van der Waals surface area contributed by atoms with Crippen LogP contribution in [0.2, 0.25) is 0 Å². The molecule has 0 aliphatic heterocycles. The van der Waals surface area contributed by atoms with Crippen molar-refractivity contribution in [2.45, 2.75) is 19.9 Å². The molecule has 0 saturated carbocycles. The Morgan fingerprint density at radius 2 is 1.88 bits per heavy atom. The molecule has 3 N–H and O–H groups in total. The van der Waals surface area contributed by atoms with Crippen LogP contribution in [-0.2, 0) is 6.54 Å². The van der Waals surface area contributed by atoms with Crippen molar-refractivity contribution in [1.29, 1.82) is 0 Å². The van der Waals surface area contributed by atoms with Gasteiger partial charge in [-0.1, -0.05) is 15.9 Å². The molecule has 0 fully saturated rings. The molecule has 6 nitrogen and oxygen atoms in total. The molecule has 0 atom stereocenters. The van der Waals surface area contributed by atoms with Crippen molar-refractivity contribution in [3.8, 4) is 0 Å². The number of amides is 1. The maximum absolute atomic E-state index is 12.0. The number of nitrogens with zero attached hydrogens (tertiary/aromatic N) is 2. The molecule has 0 radical (unpaired) electrons. The van der Waals surface area contributed by atoms with E-state index in [0.29, 0.717) is 18.7 Å². The number of carbonyl (C=O) groups is 1. The molecule has 142 valence electrons. The van der Waals surface area contributed by atoms with Crippen LogP contribution in [-0.4, -0.2) is 37.0 Å². The van der Waals surface area contributed by atoms with Gasteiger partial charge in [0, 0.05) is 41.2 Å². The number of aryl methyl sites for hydroxylation is 1. The maximum Gasteiger partial charge on any atom is 0.251 e. The van der Waals surface area contributed by atoms with E-state index in [-0.39, 0.29) is 29.9 Å². The molecular weight excluding hydrogens is 529 g/mol. The van der Waals surface area contributed by atoms with Crippen molar-refractivity contribution in [3.05, 3.63) is 50.4 Å². The number of rotatable bonds is 7. The molecule has 0 bridgehead atoms. The van der Waals surface area contributed by atoms with Gasteiger partial charge in [-0.25, -0.2) is 4.98 Å². The molecule has 1 amide bonds. The van der Waals surface area contributed by atoms with Crippen molar-refractivity contribution in [1.82, 2.24) is 20.9 Å². The molecule has 26 heavy (non-hydrogen) atoms. The molecule has 0 spiro atoms. The van der Waals surface area contributed by atoms with E-state index in [4.69, 9.17) is 0 Å². The van der Waals surface area contributed by atoms with Gasteiger partial charge in [0.15, 0.2) is 5.96 Å². The van der Waals surface area contributed by atoms with Crippen LogP contribution < -0.4 is 16.0 Å². The third kappa shape index (κ3) is 8.00. The predicted octanol–water partition coefficient (Wildman–Crippen LogP) is 3.32. The summed E-state index contributed by atoms with van der Waals surface area (Å²) in [6, 6.07) is 7.31. The molecule has 0 unspecified atom stereocenters. The molecule has 2 aromatic rings. The Bertz CT molecular complexity index is 720. The molecule has 2 rings (SSSR count). The van der Waals surface area contributed by atoms with Gasteiger partial charge in [0.05, 0.1) is 6.54 Å². The van der Waals surface area contributed by atoms with E-state index in [1.54, 1.807) is 30.5 Å². The Morgan fingerprint density at radius 3 is 2.50 bits per heavy atom. The summed E-state index contributed by atoms with van der Waals surface area (Å²) in [5.41, 5.74) is 0.660. The lowest BCUT2D eigenvalue weighted by atomic mass is 10.2. The summed E-state index contributed by atoms with van der Waals surface area (Å²) in [5, 5.41) is 10.4. The zero-order chi connectivity index (χ0) is 18.1. The number of benzene rings is 1. The first-order valence-electron chi connectivity index (χ1n) is 7.98. The number of guanidine groups is 1. The van der Waals surface area contributed by atoms with Crippen LogP contribution in [0, 0.1) is 6.92 Å². The van der Waals surface area contributed by atoms with Gasteiger partial charge >= 0.3 is 0 Å². The second-order valence-electron chi connectivity index (χ2n) is 5.33. The summed E-state index contributed by atoms with van der Waals surface area (Å²) in [6.07, 6.45) is 2.67. The SMILES string of the molecule is CN=C(NCCCNC(=O)c1ccc(Br)cc1)NCc1ncc(C)s1.I. The number of halogens is 2. The van der Waals surface area contributed by atoms with Gasteiger partial charge in [-0.2, -0.15) is 0 Å². The topological polar surface area (TPSA) is 78.4 Å². The van der Waals surface area contributed by atoms with E-state index >= 15 is 0 Å². The van der Waals surface area contributed by atoms with Crippen molar-refractivity contribution in [3.63, 3.8) is 0 Å². The highest BCUT2D eigenvalue weighted by molar-refractivity contribution is 14.0. The van der Waals surface area contributed by atoms with Gasteiger partial charge in [-0.05, 0) is 37.6 Å². The monoisotopic (exact) mass is 551 g/mol. The van der Waals surface area contributed by atoms with Crippen molar-refractivity contribution < 1.29 is 4.79 Å². The van der Waals surface area contributed by atoms with Crippen LogP contribution >= 0.6 is 51.2 Å². The molecule has 9 heteroatoms. The third-order valence-electron chi connectivity index (χ3n) is 3.34. The Hall–Kier alpha value is -1.20. The van der Waals surface area contributed by atoms with E-state index in [1.807, 2.05) is 25.3 Å². The Labute approximate surface area is 183 Å². The van der Waals surface area contributed by atoms with Crippen LogP contribution in [0.5, 0.6) is 0 Å². The predicted molar refractivity (Wildman–Crippen MR) is 122 cm³/mol. The largest absolute Gasteiger partial charge is 0.356 e. The highest BCUT2D eigenvalue weighted by atomic mass is 127. The van der Waals surface area contributed by atoms with E-state index < -0.39 is 0 Å². The summed E-state index contributed by atoms with van der Waals surface area (Å²) < 4.78 is 0.958. The minimum absolute atomic E-state index is 0. The second-order valence-corrected chi connectivity index (χ2v) is 7.57. The minimum Gasteiger partial charge on any atom is -0.356 e. The average molecular weight is 552 g/mol. The van der Waals surface area contributed by atoms with Gasteiger partial charge in [-0.15, -0.1) is 35.3 Å². The zero-order valence-corrected chi connectivity index (χ0v) is 19.4. The van der Waals surface area contributed by atoms with Gasteiger partial charge in [0.1, 0.15) is 5.01 Å². The fourth-order valence-corrected chi connectivity index (χ4v) is 3.05. The first-order valence-corrected chi connectivity index (χ1v) is 9.59. The maximum atomic E-state index is 12.0. The summed E-state index contributed by atoms with van der Waals surface area (Å²) in [7, 11) is 1.73. The standard InChI is InChI=1S/C17H22BrN5OS.HI/c1-12-10-22-15(25-12)11-23-17(19-2)21-9-3-8-20-16(24)13-4-6-14(18)7-5-13;/h4-7,10H,3,8-9,11H2,1-2H3,(H,20,24)(H2,19,21,23);1H. The summed E-state index contributed by atoms with van der Waals surface area (Å²) in [6.45, 7) is 4.01. The third-order valence-corrected chi connectivity index (χ3v) is 4.78. The zero-order valence-electron chi connectivity index (χ0n) is 14.7. The lowest BCUT2D eigenvalue weighted by Gasteiger charge is -2.11. The van der Waals surface area contributed by atoms with Gasteiger partial charge < -0.3 is 16.0 Å². The minimum atomic E-state index is -0.0610. The summed E-state index contributed by atoms with van der Waals surface area (Å²) in [4.78, 5) is 21.7. The quantitative estimate of drug-likeness (QED) is 0.213. The van der Waals surface area contributed by atoms with E-state index in [9.17, 15) is 4.79 Å². The van der Waals surface area contributed by atoms with Crippen molar-refractivity contribution >= 4 is 63.1 Å². The first kappa shape index (κ1) is 22.8. The van der Waals surface area contributed by atoms with Crippen LogP contribution in [0.4, 0.5) is 0 Å². The molecule has 1 heterocycles. The van der Waals surface area contributed by atoms with Crippen LogP contribution in [0.25, 0.3) is 0 Å². The molecule has 1 aromatic carbocycles. The number of thiazole rings is 1. The van der Waals surface area contributed by atoms with E-state index in [2.05, 4.69) is 41.9 Å². The first-order chi connectivity index (χ1) is 12.1. The average Bonchev–Trinajstić information content (AvgIpc) is 3.03. The lowest BCUT2D eigenvalue weighted by Crippen LogP contribution is -2.38. The van der Waals surface area contributed by atoms with Gasteiger partial charge in [0.2, 0.25) is 0 Å². The Morgan fingerprint density at radius 1 is 1.19 bits per heavy atom. The number of carbonyl (C=O) groups excluding carboxylic acids is 1. The smallest absolute Gasteiger partial charge is 0.251 e. The number of aromatic nitrogens is 1. The molecule has 1 aromatic heterocycles.